The number of carbonyl (C=O) groups is 4. The van der Waals surface area contributed by atoms with Crippen LogP contribution in [0.2, 0.25) is 0 Å². The summed E-state index contributed by atoms with van der Waals surface area (Å²) in [5.74, 6) is 0.477. The summed E-state index contributed by atoms with van der Waals surface area (Å²) >= 11 is 0. The van der Waals surface area contributed by atoms with Crippen molar-refractivity contribution < 1.29 is 33.4 Å². The first-order valence-corrected chi connectivity index (χ1v) is 15.9. The number of nitrogens with zero attached hydrogens (tertiary/aromatic N) is 1. The van der Waals surface area contributed by atoms with Crippen molar-refractivity contribution in [1.29, 1.82) is 0 Å². The summed E-state index contributed by atoms with van der Waals surface area (Å²) in [4.78, 5) is 55.1. The highest BCUT2D eigenvalue weighted by Crippen LogP contribution is 2.28. The van der Waals surface area contributed by atoms with Gasteiger partial charge in [0, 0.05) is 19.5 Å². The van der Waals surface area contributed by atoms with E-state index in [9.17, 15) is 19.2 Å². The van der Waals surface area contributed by atoms with Crippen LogP contribution < -0.4 is 30.2 Å². The van der Waals surface area contributed by atoms with Gasteiger partial charge in [-0.1, -0.05) is 32.0 Å². The molecule has 3 N–H and O–H groups in total. The van der Waals surface area contributed by atoms with Crippen LogP contribution in [-0.4, -0.2) is 80.1 Å². The van der Waals surface area contributed by atoms with Gasteiger partial charge in [0.2, 0.25) is 17.7 Å². The minimum atomic E-state index is -0.955. The van der Waals surface area contributed by atoms with Gasteiger partial charge in [-0.2, -0.15) is 0 Å². The topological polar surface area (TPSA) is 135 Å². The first-order valence-electron chi connectivity index (χ1n) is 15.9. The molecular weight excluding hydrogens is 576 g/mol. The SMILES string of the molecule is CCOc1ccc(CCCNC(=O)[C@@H]2CCC(=O)N3CCC[C@@H]3C(=O)N[C@@H](C(C)C)COc3ccccc3C(=O)N2)cc1OC. The molecule has 0 bridgehead atoms. The molecule has 11 nitrogen and oxygen atoms in total. The highest BCUT2D eigenvalue weighted by Gasteiger charge is 2.36. The molecule has 4 amide bonds. The Kier molecular flexibility index (Phi) is 12.1. The van der Waals surface area contributed by atoms with Crippen molar-refractivity contribution >= 4 is 23.6 Å². The summed E-state index contributed by atoms with van der Waals surface area (Å²) in [6, 6.07) is 10.7. The molecule has 2 aromatic rings. The van der Waals surface area contributed by atoms with Gasteiger partial charge in [0.15, 0.2) is 11.5 Å². The molecule has 11 heteroatoms. The normalized spacial score (nSPS) is 21.0. The number of nitrogens with one attached hydrogen (secondary N) is 3. The molecule has 2 aliphatic rings. The van der Waals surface area contributed by atoms with Gasteiger partial charge in [0.1, 0.15) is 24.4 Å². The van der Waals surface area contributed by atoms with E-state index in [2.05, 4.69) is 16.0 Å². The van der Waals surface area contributed by atoms with Gasteiger partial charge in [0.25, 0.3) is 5.91 Å². The van der Waals surface area contributed by atoms with Gasteiger partial charge in [0.05, 0.1) is 25.3 Å². The first-order chi connectivity index (χ1) is 21.7. The Morgan fingerprint density at radius 3 is 2.64 bits per heavy atom. The zero-order valence-electron chi connectivity index (χ0n) is 26.7. The number of amides is 4. The lowest BCUT2D eigenvalue weighted by Crippen LogP contribution is -2.52. The predicted octanol–water partition coefficient (Wildman–Crippen LogP) is 3.25. The Hall–Kier alpha value is -4.28. The largest absolute Gasteiger partial charge is 0.493 e. The van der Waals surface area contributed by atoms with E-state index in [1.54, 1.807) is 36.3 Å². The van der Waals surface area contributed by atoms with E-state index in [1.165, 1.54) is 0 Å². The minimum Gasteiger partial charge on any atom is -0.493 e. The lowest BCUT2D eigenvalue weighted by molar-refractivity contribution is -0.139. The molecule has 0 aliphatic carbocycles. The van der Waals surface area contributed by atoms with Crippen LogP contribution in [0.15, 0.2) is 42.5 Å². The Bertz CT molecular complexity index is 1350. The lowest BCUT2D eigenvalue weighted by atomic mass is 10.0. The maximum atomic E-state index is 13.5. The molecule has 0 radical (unpaired) electrons. The summed E-state index contributed by atoms with van der Waals surface area (Å²) in [7, 11) is 1.60. The van der Waals surface area contributed by atoms with Gasteiger partial charge in [-0.3, -0.25) is 19.2 Å². The molecule has 1 saturated heterocycles. The smallest absolute Gasteiger partial charge is 0.255 e. The third-order valence-corrected chi connectivity index (χ3v) is 8.30. The fourth-order valence-corrected chi connectivity index (χ4v) is 5.66. The minimum absolute atomic E-state index is 0.0138. The maximum Gasteiger partial charge on any atom is 0.255 e. The van der Waals surface area contributed by atoms with E-state index < -0.39 is 18.0 Å². The Labute approximate surface area is 265 Å². The van der Waals surface area contributed by atoms with Crippen LogP contribution in [0.1, 0.15) is 68.8 Å². The van der Waals surface area contributed by atoms with Crippen molar-refractivity contribution in [2.24, 2.45) is 5.92 Å². The van der Waals surface area contributed by atoms with Crippen molar-refractivity contribution in [3.63, 3.8) is 0 Å². The molecule has 4 rings (SSSR count). The van der Waals surface area contributed by atoms with Gasteiger partial charge < -0.3 is 35.1 Å². The Morgan fingerprint density at radius 1 is 1.09 bits per heavy atom. The zero-order valence-corrected chi connectivity index (χ0v) is 26.7. The molecule has 45 heavy (non-hydrogen) atoms. The van der Waals surface area contributed by atoms with E-state index >= 15 is 0 Å². The summed E-state index contributed by atoms with van der Waals surface area (Å²) < 4.78 is 17.1. The molecule has 3 atom stereocenters. The van der Waals surface area contributed by atoms with Crippen molar-refractivity contribution in [2.45, 2.75) is 77.4 Å². The molecule has 0 unspecified atom stereocenters. The third-order valence-electron chi connectivity index (χ3n) is 8.30. The molecular formula is C34H46N4O7. The molecule has 2 aromatic carbocycles. The summed E-state index contributed by atoms with van der Waals surface area (Å²) in [5.41, 5.74) is 1.31. The van der Waals surface area contributed by atoms with Crippen LogP contribution in [0.3, 0.4) is 0 Å². The number of aryl methyl sites for hydroxylation is 1. The highest BCUT2D eigenvalue weighted by atomic mass is 16.5. The fourth-order valence-electron chi connectivity index (χ4n) is 5.66. The zero-order chi connectivity index (χ0) is 32.3. The van der Waals surface area contributed by atoms with E-state index in [0.29, 0.717) is 56.2 Å². The summed E-state index contributed by atoms with van der Waals surface area (Å²) in [5, 5.41) is 8.84. The lowest BCUT2D eigenvalue weighted by Gasteiger charge is -2.28. The van der Waals surface area contributed by atoms with Gasteiger partial charge in [-0.15, -0.1) is 0 Å². The van der Waals surface area contributed by atoms with Crippen molar-refractivity contribution in [3.05, 3.63) is 53.6 Å². The second-order valence-electron chi connectivity index (χ2n) is 11.8. The average molecular weight is 623 g/mol. The van der Waals surface area contributed by atoms with Gasteiger partial charge in [-0.25, -0.2) is 0 Å². The quantitative estimate of drug-likeness (QED) is 0.366. The van der Waals surface area contributed by atoms with E-state index in [4.69, 9.17) is 14.2 Å². The van der Waals surface area contributed by atoms with Crippen LogP contribution in [0, 0.1) is 5.92 Å². The number of para-hydroxylation sites is 1. The fraction of sp³-hybridized carbons (Fsp3) is 0.529. The Balaban J connectivity index is 1.47. The van der Waals surface area contributed by atoms with Gasteiger partial charge >= 0.3 is 0 Å². The number of fused-ring (bicyclic) bond motifs is 2. The standard InChI is InChI=1S/C34H46N4O7/c1-5-44-29-16-14-23(20-30(29)43-4)10-8-18-35-33(41)25-15-17-31(39)38-19-9-12-27(38)34(42)37-26(22(2)3)21-45-28-13-7-6-11-24(28)32(40)36-25/h6-7,11,13-14,16,20,22,25-27H,5,8-10,12,15,17-19,21H2,1-4H3,(H,35,41)(H,36,40)(H,37,42)/t25-,26+,27+/m0/s1. The second kappa shape index (κ2) is 16.2. The van der Waals surface area contributed by atoms with Crippen LogP contribution in [0.4, 0.5) is 0 Å². The van der Waals surface area contributed by atoms with Crippen LogP contribution >= 0.6 is 0 Å². The van der Waals surface area contributed by atoms with Gasteiger partial charge in [-0.05, 0) is 74.8 Å². The first kappa shape index (κ1) is 33.6. The van der Waals surface area contributed by atoms with Crippen LogP contribution in [-0.2, 0) is 20.8 Å². The number of hydrogen-bond acceptors (Lipinski definition) is 7. The Morgan fingerprint density at radius 2 is 1.89 bits per heavy atom. The van der Waals surface area contributed by atoms with E-state index in [-0.39, 0.29) is 54.7 Å². The van der Waals surface area contributed by atoms with Crippen molar-refractivity contribution in [2.75, 3.05) is 33.4 Å². The van der Waals surface area contributed by atoms with Crippen LogP contribution in [0.25, 0.3) is 0 Å². The maximum absolute atomic E-state index is 13.5. The number of ether oxygens (including phenoxy) is 3. The molecule has 1 fully saturated rings. The number of methoxy groups -OCH3 is 1. The van der Waals surface area contributed by atoms with Crippen molar-refractivity contribution in [1.82, 2.24) is 20.9 Å². The average Bonchev–Trinajstić information content (AvgIpc) is 3.53. The molecule has 2 aliphatic heterocycles. The van der Waals surface area contributed by atoms with E-state index in [0.717, 1.165) is 12.0 Å². The molecule has 2 heterocycles. The molecule has 0 saturated carbocycles. The molecule has 244 valence electrons. The second-order valence-corrected chi connectivity index (χ2v) is 11.8. The van der Waals surface area contributed by atoms with E-state index in [1.807, 2.05) is 39.0 Å². The third kappa shape index (κ3) is 8.89. The summed E-state index contributed by atoms with van der Waals surface area (Å²) in [6.07, 6.45) is 2.75. The number of rotatable bonds is 9. The molecule has 0 spiro atoms. The van der Waals surface area contributed by atoms with Crippen molar-refractivity contribution in [3.8, 4) is 17.2 Å². The summed E-state index contributed by atoms with van der Waals surface area (Å²) in [6.45, 7) is 7.42. The van der Waals surface area contributed by atoms with Crippen LogP contribution in [0.5, 0.6) is 17.2 Å². The highest BCUT2D eigenvalue weighted by molar-refractivity contribution is 6.00. The number of carbonyl (C=O) groups excluding carboxylic acids is 4. The molecule has 0 aromatic heterocycles. The predicted molar refractivity (Wildman–Crippen MR) is 169 cm³/mol. The number of benzene rings is 2. The number of hydrogen-bond donors (Lipinski definition) is 3. The monoisotopic (exact) mass is 622 g/mol.